The predicted octanol–water partition coefficient (Wildman–Crippen LogP) is 3.79. The van der Waals surface area contributed by atoms with Crippen LogP contribution >= 0.6 is 23.2 Å². The molecule has 2 aromatic carbocycles. The number of carbonyl (C=O) groups excluding carboxylic acids is 2. The van der Waals surface area contributed by atoms with E-state index in [1.807, 2.05) is 48.5 Å². The molecule has 0 spiro atoms. The standard InChI is InChI=1S/C21H22Cl2N2O3/c1-2-28-21(27)20(26)25-13-11-24(12-14-25)19(15-3-7-17(22)8-4-15)16-5-9-18(23)10-6-16/h3-10,19H,2,11-14H2,1H3. The Morgan fingerprint density at radius 3 is 1.79 bits per heavy atom. The van der Waals surface area contributed by atoms with Crippen molar-refractivity contribution in [3.63, 3.8) is 0 Å². The van der Waals surface area contributed by atoms with Gasteiger partial charge in [0.25, 0.3) is 0 Å². The summed E-state index contributed by atoms with van der Waals surface area (Å²) >= 11 is 12.1. The largest absolute Gasteiger partial charge is 0.459 e. The van der Waals surface area contributed by atoms with Gasteiger partial charge in [0.2, 0.25) is 0 Å². The lowest BCUT2D eigenvalue weighted by Crippen LogP contribution is -2.51. The highest BCUT2D eigenvalue weighted by atomic mass is 35.5. The summed E-state index contributed by atoms with van der Waals surface area (Å²) in [6, 6.07) is 15.6. The number of halogens is 2. The Bertz CT molecular complexity index is 771. The average molecular weight is 421 g/mol. The normalized spacial score (nSPS) is 14.9. The Labute approximate surface area is 174 Å². The molecule has 0 bridgehead atoms. The van der Waals surface area contributed by atoms with Gasteiger partial charge < -0.3 is 9.64 Å². The van der Waals surface area contributed by atoms with Crippen LogP contribution in [0.25, 0.3) is 0 Å². The van der Waals surface area contributed by atoms with E-state index in [9.17, 15) is 9.59 Å². The Morgan fingerprint density at radius 2 is 1.36 bits per heavy atom. The predicted molar refractivity (Wildman–Crippen MR) is 110 cm³/mol. The van der Waals surface area contributed by atoms with Gasteiger partial charge in [0, 0.05) is 36.2 Å². The highest BCUT2D eigenvalue weighted by Gasteiger charge is 2.31. The van der Waals surface area contributed by atoms with E-state index < -0.39 is 11.9 Å². The van der Waals surface area contributed by atoms with Crippen molar-refractivity contribution >= 4 is 35.1 Å². The number of esters is 1. The SMILES string of the molecule is CCOC(=O)C(=O)N1CCN(C(c2ccc(Cl)cc2)c2ccc(Cl)cc2)CC1. The van der Waals surface area contributed by atoms with Crippen molar-refractivity contribution in [3.05, 3.63) is 69.7 Å². The topological polar surface area (TPSA) is 49.9 Å². The quantitative estimate of drug-likeness (QED) is 0.557. The molecule has 0 aliphatic carbocycles. The molecule has 28 heavy (non-hydrogen) atoms. The molecule has 1 amide bonds. The third kappa shape index (κ3) is 4.85. The van der Waals surface area contributed by atoms with Crippen molar-refractivity contribution in [3.8, 4) is 0 Å². The Morgan fingerprint density at radius 1 is 0.893 bits per heavy atom. The molecule has 1 heterocycles. The van der Waals surface area contributed by atoms with E-state index in [1.165, 1.54) is 0 Å². The lowest BCUT2D eigenvalue weighted by molar-refractivity contribution is -0.160. The zero-order valence-electron chi connectivity index (χ0n) is 15.6. The van der Waals surface area contributed by atoms with Crippen molar-refractivity contribution in [1.82, 2.24) is 9.80 Å². The van der Waals surface area contributed by atoms with Crippen LogP contribution in [0.3, 0.4) is 0 Å². The van der Waals surface area contributed by atoms with Crippen LogP contribution in [-0.2, 0) is 14.3 Å². The summed E-state index contributed by atoms with van der Waals surface area (Å²) in [6.45, 7) is 4.10. The molecule has 148 valence electrons. The minimum absolute atomic E-state index is 0.00868. The molecule has 1 aliphatic rings. The number of benzene rings is 2. The molecule has 2 aromatic rings. The van der Waals surface area contributed by atoms with Gasteiger partial charge in [-0.05, 0) is 42.3 Å². The molecule has 3 rings (SSSR count). The zero-order valence-corrected chi connectivity index (χ0v) is 17.1. The number of ether oxygens (including phenoxy) is 1. The van der Waals surface area contributed by atoms with Gasteiger partial charge in [-0.1, -0.05) is 47.5 Å². The van der Waals surface area contributed by atoms with Gasteiger partial charge in [-0.3, -0.25) is 9.69 Å². The first-order valence-corrected chi connectivity index (χ1v) is 9.96. The number of hydrogen-bond donors (Lipinski definition) is 0. The summed E-state index contributed by atoms with van der Waals surface area (Å²) in [5.41, 5.74) is 2.22. The van der Waals surface area contributed by atoms with E-state index in [4.69, 9.17) is 27.9 Å². The fourth-order valence-electron chi connectivity index (χ4n) is 3.41. The van der Waals surface area contributed by atoms with Crippen molar-refractivity contribution in [2.45, 2.75) is 13.0 Å². The third-order valence-electron chi connectivity index (χ3n) is 4.79. The maximum Gasteiger partial charge on any atom is 0.397 e. The van der Waals surface area contributed by atoms with Gasteiger partial charge >= 0.3 is 11.9 Å². The minimum Gasteiger partial charge on any atom is -0.459 e. The molecule has 5 nitrogen and oxygen atoms in total. The number of carbonyl (C=O) groups is 2. The molecule has 0 unspecified atom stereocenters. The Hall–Kier alpha value is -2.08. The summed E-state index contributed by atoms with van der Waals surface area (Å²) in [4.78, 5) is 27.7. The first-order valence-electron chi connectivity index (χ1n) is 9.20. The molecule has 0 saturated carbocycles. The first kappa shape index (κ1) is 20.6. The number of piperazine rings is 1. The van der Waals surface area contributed by atoms with E-state index in [2.05, 4.69) is 4.90 Å². The van der Waals surface area contributed by atoms with E-state index in [1.54, 1.807) is 11.8 Å². The van der Waals surface area contributed by atoms with Crippen LogP contribution in [-0.4, -0.2) is 54.5 Å². The van der Waals surface area contributed by atoms with Crippen LogP contribution in [0.2, 0.25) is 10.0 Å². The van der Waals surface area contributed by atoms with Crippen molar-refractivity contribution in [2.75, 3.05) is 32.8 Å². The van der Waals surface area contributed by atoms with Crippen molar-refractivity contribution in [1.29, 1.82) is 0 Å². The maximum atomic E-state index is 12.2. The highest BCUT2D eigenvalue weighted by Crippen LogP contribution is 2.31. The minimum atomic E-state index is -0.789. The van der Waals surface area contributed by atoms with Crippen LogP contribution in [0.1, 0.15) is 24.1 Å². The smallest absolute Gasteiger partial charge is 0.397 e. The summed E-state index contributed by atoms with van der Waals surface area (Å²) in [7, 11) is 0. The monoisotopic (exact) mass is 420 g/mol. The highest BCUT2D eigenvalue weighted by molar-refractivity contribution is 6.32. The summed E-state index contributed by atoms with van der Waals surface area (Å²) < 4.78 is 4.82. The molecule has 0 atom stereocenters. The van der Waals surface area contributed by atoms with Gasteiger partial charge in [-0.2, -0.15) is 0 Å². The molecular weight excluding hydrogens is 399 g/mol. The first-order chi connectivity index (χ1) is 13.5. The third-order valence-corrected chi connectivity index (χ3v) is 5.29. The molecular formula is C21H22Cl2N2O3. The number of amides is 1. The second kappa shape index (κ2) is 9.41. The summed E-state index contributed by atoms with van der Waals surface area (Å²) in [5.74, 6) is -1.36. The van der Waals surface area contributed by atoms with Gasteiger partial charge in [0.1, 0.15) is 0 Å². The average Bonchev–Trinajstić information content (AvgIpc) is 2.71. The second-order valence-corrected chi connectivity index (χ2v) is 7.43. The van der Waals surface area contributed by atoms with Crippen LogP contribution in [0.15, 0.2) is 48.5 Å². The summed E-state index contributed by atoms with van der Waals surface area (Å²) in [5, 5.41) is 1.37. The lowest BCUT2D eigenvalue weighted by Gasteiger charge is -2.39. The van der Waals surface area contributed by atoms with E-state index in [0.717, 1.165) is 11.1 Å². The fraction of sp³-hybridized carbons (Fsp3) is 0.333. The molecule has 0 N–H and O–H groups in total. The fourth-order valence-corrected chi connectivity index (χ4v) is 3.66. The molecule has 0 radical (unpaired) electrons. The Balaban J connectivity index is 1.78. The van der Waals surface area contributed by atoms with Gasteiger partial charge in [0.15, 0.2) is 0 Å². The zero-order chi connectivity index (χ0) is 20.1. The van der Waals surface area contributed by atoms with Gasteiger partial charge in [-0.15, -0.1) is 0 Å². The lowest BCUT2D eigenvalue weighted by atomic mass is 9.96. The van der Waals surface area contributed by atoms with Gasteiger partial charge in [-0.25, -0.2) is 4.79 Å². The van der Waals surface area contributed by atoms with Crippen LogP contribution in [0, 0.1) is 0 Å². The molecule has 0 aromatic heterocycles. The van der Waals surface area contributed by atoms with Crippen LogP contribution in [0.4, 0.5) is 0 Å². The number of rotatable bonds is 4. The molecule has 1 fully saturated rings. The van der Waals surface area contributed by atoms with Crippen LogP contribution < -0.4 is 0 Å². The van der Waals surface area contributed by atoms with Crippen molar-refractivity contribution < 1.29 is 14.3 Å². The molecule has 1 aliphatic heterocycles. The van der Waals surface area contributed by atoms with E-state index >= 15 is 0 Å². The van der Waals surface area contributed by atoms with Gasteiger partial charge in [0.05, 0.1) is 12.6 Å². The maximum absolute atomic E-state index is 12.2. The van der Waals surface area contributed by atoms with E-state index in [0.29, 0.717) is 36.2 Å². The molecule has 1 saturated heterocycles. The number of nitrogens with zero attached hydrogens (tertiary/aromatic N) is 2. The van der Waals surface area contributed by atoms with Crippen molar-refractivity contribution in [2.24, 2.45) is 0 Å². The Kier molecular flexibility index (Phi) is 6.94. The second-order valence-electron chi connectivity index (χ2n) is 6.55. The summed E-state index contributed by atoms with van der Waals surface area (Å²) in [6.07, 6.45) is 0. The van der Waals surface area contributed by atoms with Crippen LogP contribution in [0.5, 0.6) is 0 Å². The molecule has 7 heteroatoms. The van der Waals surface area contributed by atoms with E-state index in [-0.39, 0.29) is 12.6 Å². The number of hydrogen-bond acceptors (Lipinski definition) is 4.